The van der Waals surface area contributed by atoms with Crippen LogP contribution in [0.25, 0.3) is 11.1 Å². The minimum Gasteiger partial charge on any atom is -0.508 e. The first-order valence-corrected chi connectivity index (χ1v) is 12.8. The molecule has 1 fully saturated rings. The fraction of sp³-hybridized carbons (Fsp3) is 0.367. The van der Waals surface area contributed by atoms with Crippen LogP contribution >= 0.6 is 0 Å². The van der Waals surface area contributed by atoms with E-state index in [9.17, 15) is 9.90 Å². The lowest BCUT2D eigenvalue weighted by Gasteiger charge is -2.27. The van der Waals surface area contributed by atoms with Crippen LogP contribution in [0.2, 0.25) is 0 Å². The highest BCUT2D eigenvalue weighted by atomic mass is 16.3. The van der Waals surface area contributed by atoms with E-state index >= 15 is 0 Å². The molecule has 0 heterocycles. The van der Waals surface area contributed by atoms with Crippen LogP contribution in [-0.2, 0) is 13.0 Å². The number of nitrogens with two attached hydrogens (primary N) is 1. The Labute approximate surface area is 208 Å². The van der Waals surface area contributed by atoms with Gasteiger partial charge in [0.15, 0.2) is 0 Å². The molecule has 0 atom stereocenters. The summed E-state index contributed by atoms with van der Waals surface area (Å²) in [6, 6.07) is 23.7. The van der Waals surface area contributed by atoms with Crippen LogP contribution in [0.4, 0.5) is 0 Å². The molecule has 0 unspecified atom stereocenters. The summed E-state index contributed by atoms with van der Waals surface area (Å²) < 4.78 is 0. The molecule has 0 saturated heterocycles. The predicted octanol–water partition coefficient (Wildman–Crippen LogP) is 4.89. The van der Waals surface area contributed by atoms with E-state index < -0.39 is 0 Å². The summed E-state index contributed by atoms with van der Waals surface area (Å²) in [6.45, 7) is 3.16. The number of aromatic hydroxyl groups is 1. The van der Waals surface area contributed by atoms with Crippen LogP contribution in [0, 0.1) is 11.8 Å². The van der Waals surface area contributed by atoms with Crippen LogP contribution in [0.15, 0.2) is 72.8 Å². The largest absolute Gasteiger partial charge is 0.508 e. The maximum atomic E-state index is 12.8. The maximum Gasteiger partial charge on any atom is 0.251 e. The Hall–Kier alpha value is -3.15. The molecule has 4 rings (SSSR count). The van der Waals surface area contributed by atoms with Crippen LogP contribution in [0.3, 0.4) is 0 Å². The van der Waals surface area contributed by atoms with Gasteiger partial charge in [0.05, 0.1) is 0 Å². The normalized spacial score (nSPS) is 17.7. The van der Waals surface area contributed by atoms with Gasteiger partial charge in [0.2, 0.25) is 0 Å². The number of hydrogen-bond donors (Lipinski definition) is 4. The molecule has 0 bridgehead atoms. The second-order valence-electron chi connectivity index (χ2n) is 9.71. The Morgan fingerprint density at radius 3 is 2.29 bits per heavy atom. The monoisotopic (exact) mass is 471 g/mol. The summed E-state index contributed by atoms with van der Waals surface area (Å²) >= 11 is 0. The van der Waals surface area contributed by atoms with Gasteiger partial charge in [-0.15, -0.1) is 0 Å². The highest BCUT2D eigenvalue weighted by Crippen LogP contribution is 2.28. The number of benzene rings is 3. The van der Waals surface area contributed by atoms with Gasteiger partial charge in [-0.25, -0.2) is 0 Å². The molecule has 184 valence electrons. The highest BCUT2D eigenvalue weighted by molar-refractivity contribution is 5.95. The molecule has 5 heteroatoms. The molecule has 3 aromatic rings. The molecule has 1 aliphatic rings. The fourth-order valence-corrected chi connectivity index (χ4v) is 4.84. The van der Waals surface area contributed by atoms with Crippen molar-refractivity contribution in [1.29, 1.82) is 0 Å². The van der Waals surface area contributed by atoms with Crippen molar-refractivity contribution in [3.05, 3.63) is 89.5 Å². The highest BCUT2D eigenvalue weighted by Gasteiger charge is 2.20. The third-order valence-corrected chi connectivity index (χ3v) is 7.09. The summed E-state index contributed by atoms with van der Waals surface area (Å²) in [6.07, 6.45) is 5.56. The lowest BCUT2D eigenvalue weighted by Crippen LogP contribution is -2.32. The average Bonchev–Trinajstić information content (AvgIpc) is 2.91. The Kier molecular flexibility index (Phi) is 8.93. The third kappa shape index (κ3) is 7.41. The molecule has 1 aliphatic carbocycles. The van der Waals surface area contributed by atoms with Gasteiger partial charge < -0.3 is 21.5 Å². The second-order valence-corrected chi connectivity index (χ2v) is 9.71. The molecular weight excluding hydrogens is 434 g/mol. The van der Waals surface area contributed by atoms with Crippen LogP contribution in [0.5, 0.6) is 5.75 Å². The minimum atomic E-state index is -0.000139. The van der Waals surface area contributed by atoms with Crippen LogP contribution in [-0.4, -0.2) is 30.6 Å². The van der Waals surface area contributed by atoms with Gasteiger partial charge in [0.25, 0.3) is 5.91 Å². The molecule has 1 saturated carbocycles. The zero-order valence-corrected chi connectivity index (χ0v) is 20.4. The van der Waals surface area contributed by atoms with E-state index in [1.54, 1.807) is 12.1 Å². The van der Waals surface area contributed by atoms with Gasteiger partial charge in [0.1, 0.15) is 5.75 Å². The first kappa shape index (κ1) is 25.0. The first-order valence-electron chi connectivity index (χ1n) is 12.8. The van der Waals surface area contributed by atoms with Crippen molar-refractivity contribution >= 4 is 5.91 Å². The van der Waals surface area contributed by atoms with Crippen molar-refractivity contribution in [1.82, 2.24) is 10.6 Å². The number of carbonyl (C=O) groups is 1. The number of phenols is 1. The SMILES string of the molecule is NCC1CCC(CNC(=O)c2cccc(-c3cccc(CNCCc4ccc(O)cc4)c3)c2)CC1. The standard InChI is InChI=1S/C30H37N3O2/c31-19-23-7-9-24(10-8-23)21-33-30(35)28-6-2-5-27(18-28)26-4-1-3-25(17-26)20-32-16-15-22-11-13-29(34)14-12-22/h1-6,11-14,17-18,23-24,32,34H,7-10,15-16,19-21,31H2,(H,33,35). The summed E-state index contributed by atoms with van der Waals surface area (Å²) in [5.74, 6) is 1.51. The average molecular weight is 472 g/mol. The molecule has 3 aromatic carbocycles. The summed E-state index contributed by atoms with van der Waals surface area (Å²) in [5.41, 5.74) is 11.1. The lowest BCUT2D eigenvalue weighted by atomic mass is 9.82. The van der Waals surface area contributed by atoms with Crippen molar-refractivity contribution in [3.63, 3.8) is 0 Å². The first-order chi connectivity index (χ1) is 17.1. The van der Waals surface area contributed by atoms with Crippen molar-refractivity contribution in [2.75, 3.05) is 19.6 Å². The third-order valence-electron chi connectivity index (χ3n) is 7.09. The van der Waals surface area contributed by atoms with E-state index in [1.165, 1.54) is 24.0 Å². The van der Waals surface area contributed by atoms with Gasteiger partial charge in [-0.3, -0.25) is 4.79 Å². The Morgan fingerprint density at radius 1 is 0.857 bits per heavy atom. The smallest absolute Gasteiger partial charge is 0.251 e. The molecule has 0 spiro atoms. The second kappa shape index (κ2) is 12.5. The molecule has 0 aromatic heterocycles. The Morgan fingerprint density at radius 2 is 1.54 bits per heavy atom. The maximum absolute atomic E-state index is 12.8. The molecule has 35 heavy (non-hydrogen) atoms. The number of carbonyl (C=O) groups excluding carboxylic acids is 1. The zero-order valence-electron chi connectivity index (χ0n) is 20.4. The summed E-state index contributed by atoms with van der Waals surface area (Å²) in [4.78, 5) is 12.8. The molecule has 1 amide bonds. The number of amides is 1. The molecule has 5 nitrogen and oxygen atoms in total. The van der Waals surface area contributed by atoms with Gasteiger partial charge >= 0.3 is 0 Å². The number of hydrogen-bond acceptors (Lipinski definition) is 4. The van der Waals surface area contributed by atoms with Crippen molar-refractivity contribution < 1.29 is 9.90 Å². The number of nitrogens with one attached hydrogen (secondary N) is 2. The fourth-order valence-electron chi connectivity index (χ4n) is 4.84. The summed E-state index contributed by atoms with van der Waals surface area (Å²) in [7, 11) is 0. The van der Waals surface area contributed by atoms with Crippen molar-refractivity contribution in [2.45, 2.75) is 38.6 Å². The number of rotatable bonds is 10. The van der Waals surface area contributed by atoms with Crippen molar-refractivity contribution in [3.8, 4) is 16.9 Å². The van der Waals surface area contributed by atoms with E-state index in [1.807, 2.05) is 30.3 Å². The number of phenolic OH excluding ortho intramolecular Hbond substituents is 1. The zero-order chi connectivity index (χ0) is 24.5. The van der Waals surface area contributed by atoms with Crippen LogP contribution < -0.4 is 16.4 Å². The Balaban J connectivity index is 1.29. The van der Waals surface area contributed by atoms with Crippen LogP contribution in [0.1, 0.15) is 47.2 Å². The predicted molar refractivity (Wildman–Crippen MR) is 142 cm³/mol. The lowest BCUT2D eigenvalue weighted by molar-refractivity contribution is 0.0941. The van der Waals surface area contributed by atoms with E-state index in [0.717, 1.165) is 56.6 Å². The molecule has 5 N–H and O–H groups in total. The van der Waals surface area contributed by atoms with E-state index in [4.69, 9.17) is 5.73 Å². The van der Waals surface area contributed by atoms with Gasteiger partial charge in [-0.1, -0.05) is 42.5 Å². The van der Waals surface area contributed by atoms with E-state index in [2.05, 4.69) is 41.0 Å². The molecular formula is C30H37N3O2. The van der Waals surface area contributed by atoms with Crippen molar-refractivity contribution in [2.24, 2.45) is 17.6 Å². The Bertz CT molecular complexity index is 1090. The molecule has 0 radical (unpaired) electrons. The van der Waals surface area contributed by atoms with Gasteiger partial charge in [0, 0.05) is 18.7 Å². The summed E-state index contributed by atoms with van der Waals surface area (Å²) in [5, 5.41) is 16.0. The molecule has 0 aliphatic heterocycles. The van der Waals surface area contributed by atoms with Gasteiger partial charge in [-0.05, 0) is 110 Å². The van der Waals surface area contributed by atoms with E-state index in [-0.39, 0.29) is 5.91 Å². The van der Waals surface area contributed by atoms with E-state index in [0.29, 0.717) is 23.1 Å². The quantitative estimate of drug-likeness (QED) is 0.317. The van der Waals surface area contributed by atoms with Gasteiger partial charge in [-0.2, -0.15) is 0 Å². The topological polar surface area (TPSA) is 87.4 Å². The minimum absolute atomic E-state index is 0.000139.